The highest BCUT2D eigenvalue weighted by atomic mass is 16.5. The van der Waals surface area contributed by atoms with E-state index in [-0.39, 0.29) is 35.2 Å². The molecule has 0 saturated heterocycles. The fourth-order valence-electron chi connectivity index (χ4n) is 7.22. The lowest BCUT2D eigenvalue weighted by molar-refractivity contribution is -0.137. The minimum absolute atomic E-state index is 0.0481. The first-order valence-corrected chi connectivity index (χ1v) is 19.0. The number of ether oxygens (including phenoxy) is 2. The van der Waals surface area contributed by atoms with E-state index in [1.54, 1.807) is 40.3 Å². The third-order valence-corrected chi connectivity index (χ3v) is 10.4. The number of hydrogen-bond acceptors (Lipinski definition) is 8. The van der Waals surface area contributed by atoms with Crippen molar-refractivity contribution in [1.82, 2.24) is 19.3 Å². The number of methoxy groups -OCH3 is 2. The van der Waals surface area contributed by atoms with Crippen LogP contribution in [0.2, 0.25) is 0 Å². The number of nitrogens with zero attached hydrogens (tertiary/aromatic N) is 5. The normalized spacial score (nSPS) is 17.1. The Balaban J connectivity index is 0.000000265. The van der Waals surface area contributed by atoms with E-state index in [2.05, 4.69) is 23.5 Å². The lowest BCUT2D eigenvalue weighted by atomic mass is 9.82. The summed E-state index contributed by atoms with van der Waals surface area (Å²) in [5, 5.41) is 31.2. The van der Waals surface area contributed by atoms with Crippen molar-refractivity contribution < 1.29 is 34.1 Å². The first-order chi connectivity index (χ1) is 26.9. The summed E-state index contributed by atoms with van der Waals surface area (Å²) in [5.74, 6) is -0.123. The molecular weight excluding hydrogens is 713 g/mol. The maximum Gasteiger partial charge on any atom is 0.360 e. The number of amides is 1. The molecule has 2 atom stereocenters. The van der Waals surface area contributed by atoms with Crippen LogP contribution in [-0.4, -0.2) is 82.8 Å². The Morgan fingerprint density at radius 3 is 2.21 bits per heavy atom. The molecule has 1 aliphatic carbocycles. The SMILES string of the molecule is CC[N+]1(c2cccc(OC)c2)C=C(C)C(C(=O)O)=N1.COc1cccc(-n2cc(C)c(C(Nc3ccc(C(=O)N(C)CCC(=O)O)cc3)C3CCCCC3)n2)c1. The van der Waals surface area contributed by atoms with Crippen molar-refractivity contribution in [2.24, 2.45) is 11.0 Å². The van der Waals surface area contributed by atoms with Crippen molar-refractivity contribution in [3.05, 3.63) is 108 Å². The maximum atomic E-state index is 12.7. The molecule has 13 nitrogen and oxygen atoms in total. The molecule has 2 unspecified atom stereocenters. The lowest BCUT2D eigenvalue weighted by Gasteiger charge is -2.31. The first kappa shape index (κ1) is 41.2. The first-order valence-electron chi connectivity index (χ1n) is 19.0. The van der Waals surface area contributed by atoms with Gasteiger partial charge in [0.05, 0.1) is 38.1 Å². The van der Waals surface area contributed by atoms with Crippen LogP contribution >= 0.6 is 0 Å². The van der Waals surface area contributed by atoms with Crippen LogP contribution in [0.1, 0.15) is 80.0 Å². The third kappa shape index (κ3) is 9.82. The summed E-state index contributed by atoms with van der Waals surface area (Å²) in [4.78, 5) is 36.1. The largest absolute Gasteiger partial charge is 0.497 e. The second-order valence-electron chi connectivity index (χ2n) is 14.2. The van der Waals surface area contributed by atoms with E-state index in [0.717, 1.165) is 52.7 Å². The van der Waals surface area contributed by atoms with Gasteiger partial charge < -0.3 is 29.9 Å². The van der Waals surface area contributed by atoms with Gasteiger partial charge in [0.1, 0.15) is 24.2 Å². The number of aromatic nitrogens is 2. The number of rotatable bonds is 14. The molecule has 6 rings (SSSR count). The predicted octanol–water partition coefficient (Wildman–Crippen LogP) is 7.85. The number of carbonyl (C=O) groups excluding carboxylic acids is 1. The molecule has 0 spiro atoms. The molecule has 1 aromatic heterocycles. The number of hydrogen-bond donors (Lipinski definition) is 3. The van der Waals surface area contributed by atoms with Gasteiger partial charge in [-0.25, -0.2) is 9.48 Å². The van der Waals surface area contributed by atoms with E-state index >= 15 is 0 Å². The third-order valence-electron chi connectivity index (χ3n) is 10.4. The topological polar surface area (TPSA) is 156 Å². The summed E-state index contributed by atoms with van der Waals surface area (Å²) in [6.07, 6.45) is 9.85. The van der Waals surface area contributed by atoms with Crippen LogP contribution in [0.25, 0.3) is 5.69 Å². The van der Waals surface area contributed by atoms with Crippen LogP contribution in [0.4, 0.5) is 11.4 Å². The molecule has 1 fully saturated rings. The number of benzene rings is 3. The zero-order chi connectivity index (χ0) is 40.4. The number of anilines is 1. The van der Waals surface area contributed by atoms with Crippen LogP contribution in [-0.2, 0) is 9.59 Å². The van der Waals surface area contributed by atoms with E-state index in [0.29, 0.717) is 23.6 Å². The Morgan fingerprint density at radius 2 is 1.61 bits per heavy atom. The summed E-state index contributed by atoms with van der Waals surface area (Å²) in [5.41, 5.74) is 6.24. The number of carbonyl (C=O) groups is 3. The fraction of sp³-hybridized carbons (Fsp3) is 0.372. The zero-order valence-corrected chi connectivity index (χ0v) is 33.1. The van der Waals surface area contributed by atoms with Gasteiger partial charge in [0, 0.05) is 54.8 Å². The van der Waals surface area contributed by atoms with E-state index in [1.165, 1.54) is 24.2 Å². The summed E-state index contributed by atoms with van der Waals surface area (Å²) in [7, 11) is 4.89. The Kier molecular flexibility index (Phi) is 13.7. The van der Waals surface area contributed by atoms with Gasteiger partial charge in [-0.05, 0) is 87.6 Å². The second kappa shape index (κ2) is 18.6. The van der Waals surface area contributed by atoms with E-state index in [9.17, 15) is 14.4 Å². The van der Waals surface area contributed by atoms with Crippen molar-refractivity contribution in [1.29, 1.82) is 0 Å². The molecule has 13 heteroatoms. The highest BCUT2D eigenvalue weighted by Gasteiger charge is 2.37. The monoisotopic (exact) mass is 765 g/mol. The Labute approximate surface area is 328 Å². The molecule has 1 aliphatic heterocycles. The fourth-order valence-corrected chi connectivity index (χ4v) is 7.22. The van der Waals surface area contributed by atoms with E-state index in [1.807, 2.05) is 78.5 Å². The number of quaternary nitrogens is 1. The Bertz CT molecular complexity index is 2070. The number of carboxylic acid groups (broad SMARTS) is 2. The van der Waals surface area contributed by atoms with Gasteiger partial charge >= 0.3 is 11.9 Å². The minimum Gasteiger partial charge on any atom is -0.497 e. The average Bonchev–Trinajstić information content (AvgIpc) is 3.79. The lowest BCUT2D eigenvalue weighted by Crippen LogP contribution is -2.36. The Hall–Kier alpha value is -5.95. The Morgan fingerprint density at radius 1 is 0.946 bits per heavy atom. The molecule has 2 aliphatic rings. The molecule has 3 aromatic carbocycles. The van der Waals surface area contributed by atoms with Gasteiger partial charge in [0.15, 0.2) is 5.69 Å². The van der Waals surface area contributed by atoms with Crippen molar-refractivity contribution >= 4 is 34.9 Å². The molecule has 56 heavy (non-hydrogen) atoms. The highest BCUT2D eigenvalue weighted by Crippen LogP contribution is 2.38. The molecule has 3 N–H and O–H groups in total. The summed E-state index contributed by atoms with van der Waals surface area (Å²) < 4.78 is 12.7. The summed E-state index contributed by atoms with van der Waals surface area (Å²) >= 11 is 0. The molecule has 4 aromatic rings. The molecule has 0 radical (unpaired) electrons. The van der Waals surface area contributed by atoms with Crippen LogP contribution < -0.4 is 19.4 Å². The number of carboxylic acids is 2. The smallest absolute Gasteiger partial charge is 0.360 e. The van der Waals surface area contributed by atoms with Gasteiger partial charge in [0.2, 0.25) is 5.71 Å². The van der Waals surface area contributed by atoms with Crippen LogP contribution in [0.15, 0.2) is 95.9 Å². The quantitative estimate of drug-likeness (QED) is 0.109. The van der Waals surface area contributed by atoms with Gasteiger partial charge in [-0.1, -0.05) is 36.5 Å². The standard InChI is InChI=1S/C29H36N4O4.C14H16N2O3/c1-20-19-33(24-10-7-11-25(18-24)37-3)31-27(20)28(21-8-5-4-6-9-21)30-23-14-12-22(13-15-23)29(36)32(2)17-16-26(34)35;1-4-16(9-10(2)13(15-16)14(17)18)11-6-5-7-12(8-11)19-3/h7,10-15,18-19,21,28,30H,4-6,8-9,16-17H2,1-3H3,(H,34,35);5-9H,4H2,1-3H3/p+1. The summed E-state index contributed by atoms with van der Waals surface area (Å²) in [6.45, 7) is 6.65. The molecule has 0 bridgehead atoms. The van der Waals surface area contributed by atoms with Crippen LogP contribution in [0, 0.1) is 12.8 Å². The average molecular weight is 766 g/mol. The minimum atomic E-state index is -0.995. The zero-order valence-electron chi connectivity index (χ0n) is 33.1. The predicted molar refractivity (Wildman–Crippen MR) is 218 cm³/mol. The van der Waals surface area contributed by atoms with Gasteiger partial charge in [-0.3, -0.25) is 9.59 Å². The van der Waals surface area contributed by atoms with Crippen molar-refractivity contribution in [2.45, 2.75) is 65.3 Å². The highest BCUT2D eigenvalue weighted by molar-refractivity contribution is 6.43. The van der Waals surface area contributed by atoms with Crippen LogP contribution in [0.5, 0.6) is 11.5 Å². The van der Waals surface area contributed by atoms with Crippen LogP contribution in [0.3, 0.4) is 0 Å². The van der Waals surface area contributed by atoms with Crippen molar-refractivity contribution in [3.8, 4) is 17.2 Å². The molecular formula is C43H53N6O7+. The van der Waals surface area contributed by atoms with E-state index in [4.69, 9.17) is 24.8 Å². The van der Waals surface area contributed by atoms with Gasteiger partial charge in [0.25, 0.3) is 5.91 Å². The molecule has 296 valence electrons. The second-order valence-corrected chi connectivity index (χ2v) is 14.2. The van der Waals surface area contributed by atoms with Crippen molar-refractivity contribution in [3.63, 3.8) is 0 Å². The number of nitrogens with one attached hydrogen (secondary N) is 1. The molecule has 2 heterocycles. The van der Waals surface area contributed by atoms with Gasteiger partial charge in [-0.2, -0.15) is 5.10 Å². The molecule has 1 amide bonds. The maximum absolute atomic E-state index is 12.7. The summed E-state index contributed by atoms with van der Waals surface area (Å²) in [6, 6.07) is 22.9. The number of aryl methyl sites for hydroxylation is 1. The van der Waals surface area contributed by atoms with Crippen molar-refractivity contribution in [2.75, 3.05) is 39.7 Å². The van der Waals surface area contributed by atoms with Gasteiger partial charge in [-0.15, -0.1) is 4.59 Å². The van der Waals surface area contributed by atoms with E-state index < -0.39 is 11.9 Å². The molecule has 1 saturated carbocycles. The number of aliphatic carboxylic acids is 2.